The molecular weight excluding hydrogens is 252 g/mol. The standard InChI is InChI=1S/C12H16.C9H10/c1-2-3-4-6-9-12-10-7-5-8-11-12;1-3-9-6-4-8(2)5-7-9/h5-11H,2-4H2,1H3;3-7H,1H2,2H3. The summed E-state index contributed by atoms with van der Waals surface area (Å²) in [5, 5.41) is 0. The average Bonchev–Trinajstić information content (AvgIpc) is 2.54. The summed E-state index contributed by atoms with van der Waals surface area (Å²) < 4.78 is 0. The van der Waals surface area contributed by atoms with Crippen molar-refractivity contribution in [3.05, 3.63) is 83.9 Å². The molecule has 2 aromatic carbocycles. The van der Waals surface area contributed by atoms with Crippen LogP contribution in [0.4, 0.5) is 0 Å². The Hall–Kier alpha value is -2.08. The average molecular weight is 278 g/mol. The normalized spacial score (nSPS) is 10.0. The number of allylic oxidation sites excluding steroid dienone is 1. The lowest BCUT2D eigenvalue weighted by Crippen LogP contribution is -1.71. The van der Waals surface area contributed by atoms with Gasteiger partial charge < -0.3 is 0 Å². The summed E-state index contributed by atoms with van der Waals surface area (Å²) in [6.07, 6.45) is 10.1. The Bertz CT molecular complexity index is 518. The minimum atomic E-state index is 1.18. The maximum Gasteiger partial charge on any atom is -0.0260 e. The van der Waals surface area contributed by atoms with Gasteiger partial charge >= 0.3 is 0 Å². The lowest BCUT2D eigenvalue weighted by Gasteiger charge is -1.91. The summed E-state index contributed by atoms with van der Waals surface area (Å²) in [4.78, 5) is 0. The van der Waals surface area contributed by atoms with Crippen molar-refractivity contribution < 1.29 is 0 Å². The van der Waals surface area contributed by atoms with Gasteiger partial charge in [0.1, 0.15) is 0 Å². The lowest BCUT2D eigenvalue weighted by molar-refractivity contribution is 0.816. The maximum absolute atomic E-state index is 3.66. The first-order valence-electron chi connectivity index (χ1n) is 7.67. The molecule has 0 unspecified atom stereocenters. The van der Waals surface area contributed by atoms with E-state index in [4.69, 9.17) is 0 Å². The summed E-state index contributed by atoms with van der Waals surface area (Å²) >= 11 is 0. The minimum Gasteiger partial charge on any atom is -0.0985 e. The van der Waals surface area contributed by atoms with Gasteiger partial charge in [-0.1, -0.05) is 105 Å². The fraction of sp³-hybridized carbons (Fsp3) is 0.238. The Morgan fingerprint density at radius 3 is 2.14 bits per heavy atom. The number of hydrogen-bond acceptors (Lipinski definition) is 0. The van der Waals surface area contributed by atoms with E-state index in [0.29, 0.717) is 0 Å². The first kappa shape index (κ1) is 17.0. The summed E-state index contributed by atoms with van der Waals surface area (Å²) in [5.41, 5.74) is 3.77. The molecule has 0 aromatic heterocycles. The molecule has 0 heteroatoms. The van der Waals surface area contributed by atoms with Crippen LogP contribution >= 0.6 is 0 Å². The molecule has 2 rings (SSSR count). The Balaban J connectivity index is 0.000000219. The first-order chi connectivity index (χ1) is 10.3. The molecule has 0 atom stereocenters. The maximum atomic E-state index is 3.66. The highest BCUT2D eigenvalue weighted by Gasteiger charge is 1.83. The van der Waals surface area contributed by atoms with Crippen molar-refractivity contribution in [3.8, 4) is 0 Å². The van der Waals surface area contributed by atoms with Crippen LogP contribution in [0.3, 0.4) is 0 Å². The van der Waals surface area contributed by atoms with Crippen molar-refractivity contribution in [3.63, 3.8) is 0 Å². The molecule has 0 aliphatic rings. The Labute approximate surface area is 129 Å². The van der Waals surface area contributed by atoms with E-state index in [1.165, 1.54) is 36.0 Å². The van der Waals surface area contributed by atoms with Gasteiger partial charge in [0.2, 0.25) is 0 Å². The SMILES string of the molecule is C=Cc1ccc(C)cc1.CCCCC=Cc1ccccc1. The minimum absolute atomic E-state index is 1.18. The molecule has 0 amide bonds. The molecule has 0 aliphatic heterocycles. The van der Waals surface area contributed by atoms with E-state index >= 15 is 0 Å². The predicted octanol–water partition coefficient (Wildman–Crippen LogP) is 6.53. The molecule has 0 nitrogen and oxygen atoms in total. The van der Waals surface area contributed by atoms with Crippen molar-refractivity contribution in [2.24, 2.45) is 0 Å². The number of benzene rings is 2. The molecule has 0 aliphatic carbocycles. The fourth-order valence-corrected chi connectivity index (χ4v) is 1.81. The predicted molar refractivity (Wildman–Crippen MR) is 96.3 cm³/mol. The highest BCUT2D eigenvalue weighted by molar-refractivity contribution is 5.48. The van der Waals surface area contributed by atoms with Crippen LogP contribution in [0.15, 0.2) is 67.3 Å². The van der Waals surface area contributed by atoms with Crippen LogP contribution in [-0.2, 0) is 0 Å². The topological polar surface area (TPSA) is 0 Å². The second kappa shape index (κ2) is 10.7. The smallest absolute Gasteiger partial charge is 0.0260 e. The van der Waals surface area contributed by atoms with E-state index < -0.39 is 0 Å². The molecule has 0 heterocycles. The van der Waals surface area contributed by atoms with E-state index in [2.05, 4.69) is 81.1 Å². The van der Waals surface area contributed by atoms with Crippen LogP contribution in [0.25, 0.3) is 12.2 Å². The molecule has 21 heavy (non-hydrogen) atoms. The lowest BCUT2D eigenvalue weighted by atomic mass is 10.2. The molecule has 0 saturated heterocycles. The van der Waals surface area contributed by atoms with Crippen LogP contribution in [0, 0.1) is 6.92 Å². The van der Waals surface area contributed by atoms with Crippen molar-refractivity contribution in [2.45, 2.75) is 33.1 Å². The zero-order valence-corrected chi connectivity index (χ0v) is 13.3. The van der Waals surface area contributed by atoms with E-state index in [9.17, 15) is 0 Å². The zero-order chi connectivity index (χ0) is 15.3. The van der Waals surface area contributed by atoms with E-state index in [1.807, 2.05) is 12.1 Å². The van der Waals surface area contributed by atoms with Gasteiger partial charge in [0.05, 0.1) is 0 Å². The molecule has 0 N–H and O–H groups in total. The van der Waals surface area contributed by atoms with Gasteiger partial charge in [-0.25, -0.2) is 0 Å². The Morgan fingerprint density at radius 2 is 1.57 bits per heavy atom. The molecule has 0 spiro atoms. The first-order valence-corrected chi connectivity index (χ1v) is 7.67. The highest BCUT2D eigenvalue weighted by Crippen LogP contribution is 2.04. The molecule has 2 aromatic rings. The molecule has 0 saturated carbocycles. The van der Waals surface area contributed by atoms with Crippen LogP contribution < -0.4 is 0 Å². The molecule has 0 radical (unpaired) electrons. The third kappa shape index (κ3) is 7.94. The quantitative estimate of drug-likeness (QED) is 0.545. The van der Waals surface area contributed by atoms with Gasteiger partial charge in [-0.15, -0.1) is 0 Å². The van der Waals surface area contributed by atoms with Crippen LogP contribution in [-0.4, -0.2) is 0 Å². The van der Waals surface area contributed by atoms with Crippen LogP contribution in [0.2, 0.25) is 0 Å². The van der Waals surface area contributed by atoms with Gasteiger partial charge in [0, 0.05) is 0 Å². The number of hydrogen-bond donors (Lipinski definition) is 0. The Morgan fingerprint density at radius 1 is 0.905 bits per heavy atom. The zero-order valence-electron chi connectivity index (χ0n) is 13.3. The highest BCUT2D eigenvalue weighted by atomic mass is 13.9. The van der Waals surface area contributed by atoms with Crippen molar-refractivity contribution in [2.75, 3.05) is 0 Å². The summed E-state index contributed by atoms with van der Waals surface area (Å²) in [6, 6.07) is 18.7. The number of rotatable bonds is 5. The van der Waals surface area contributed by atoms with Gasteiger partial charge in [0.15, 0.2) is 0 Å². The van der Waals surface area contributed by atoms with Gasteiger partial charge in [0.25, 0.3) is 0 Å². The number of aryl methyl sites for hydroxylation is 1. The van der Waals surface area contributed by atoms with Crippen molar-refractivity contribution in [1.29, 1.82) is 0 Å². The second-order valence-corrected chi connectivity index (χ2v) is 5.07. The van der Waals surface area contributed by atoms with E-state index in [-0.39, 0.29) is 0 Å². The van der Waals surface area contributed by atoms with Crippen molar-refractivity contribution >= 4 is 12.2 Å². The third-order valence-electron chi connectivity index (χ3n) is 3.15. The molecular formula is C21H26. The number of unbranched alkanes of at least 4 members (excludes halogenated alkanes) is 2. The fourth-order valence-electron chi connectivity index (χ4n) is 1.81. The molecule has 0 fully saturated rings. The second-order valence-electron chi connectivity index (χ2n) is 5.07. The summed E-state index contributed by atoms with van der Waals surface area (Å²) in [7, 11) is 0. The summed E-state index contributed by atoms with van der Waals surface area (Å²) in [5.74, 6) is 0. The van der Waals surface area contributed by atoms with Crippen molar-refractivity contribution in [1.82, 2.24) is 0 Å². The van der Waals surface area contributed by atoms with E-state index in [1.54, 1.807) is 0 Å². The van der Waals surface area contributed by atoms with Gasteiger partial charge in [-0.3, -0.25) is 0 Å². The van der Waals surface area contributed by atoms with E-state index in [0.717, 1.165) is 0 Å². The van der Waals surface area contributed by atoms with Gasteiger partial charge in [-0.05, 0) is 24.5 Å². The van der Waals surface area contributed by atoms with Crippen LogP contribution in [0.1, 0.15) is 42.9 Å². The van der Waals surface area contributed by atoms with Gasteiger partial charge in [-0.2, -0.15) is 0 Å². The van der Waals surface area contributed by atoms with Crippen LogP contribution in [0.5, 0.6) is 0 Å². The molecule has 0 bridgehead atoms. The third-order valence-corrected chi connectivity index (χ3v) is 3.15. The summed E-state index contributed by atoms with van der Waals surface area (Å²) in [6.45, 7) is 7.96. The Kier molecular flexibility index (Phi) is 8.63. The molecule has 110 valence electrons. The largest absolute Gasteiger partial charge is 0.0985 e. The monoisotopic (exact) mass is 278 g/mol.